The van der Waals surface area contributed by atoms with E-state index in [9.17, 15) is 14.4 Å². The van der Waals surface area contributed by atoms with Gasteiger partial charge in [0.15, 0.2) is 6.10 Å². The molecular formula is C61H104O6. The van der Waals surface area contributed by atoms with Crippen molar-refractivity contribution in [1.82, 2.24) is 0 Å². The van der Waals surface area contributed by atoms with Crippen LogP contribution in [-0.4, -0.2) is 37.2 Å². The molecular weight excluding hydrogens is 829 g/mol. The first-order valence-electron chi connectivity index (χ1n) is 28.1. The highest BCUT2D eigenvalue weighted by Gasteiger charge is 2.19. The number of carbonyl (C=O) groups excluding carboxylic acids is 3. The van der Waals surface area contributed by atoms with E-state index >= 15 is 0 Å². The van der Waals surface area contributed by atoms with Gasteiger partial charge in [-0.15, -0.1) is 0 Å². The first kappa shape index (κ1) is 63.6. The molecule has 0 saturated carbocycles. The Kier molecular flexibility index (Phi) is 52.4. The molecule has 0 unspecified atom stereocenters. The van der Waals surface area contributed by atoms with Crippen molar-refractivity contribution in [2.45, 2.75) is 271 Å². The summed E-state index contributed by atoms with van der Waals surface area (Å²) in [6.07, 6.45) is 71.5. The lowest BCUT2D eigenvalue weighted by molar-refractivity contribution is -0.167. The van der Waals surface area contributed by atoms with Gasteiger partial charge in [0.05, 0.1) is 0 Å². The van der Waals surface area contributed by atoms with Crippen LogP contribution in [0.3, 0.4) is 0 Å². The van der Waals surface area contributed by atoms with Gasteiger partial charge >= 0.3 is 17.9 Å². The van der Waals surface area contributed by atoms with E-state index in [1.54, 1.807) is 0 Å². The zero-order chi connectivity index (χ0) is 48.6. The van der Waals surface area contributed by atoms with E-state index in [1.165, 1.54) is 141 Å². The summed E-state index contributed by atoms with van der Waals surface area (Å²) in [4.78, 5) is 38.1. The second-order valence-corrected chi connectivity index (χ2v) is 18.5. The maximum atomic E-state index is 12.8. The molecule has 67 heavy (non-hydrogen) atoms. The summed E-state index contributed by atoms with van der Waals surface area (Å²) in [5, 5.41) is 0. The summed E-state index contributed by atoms with van der Waals surface area (Å²) in [6.45, 7) is 6.52. The number of esters is 3. The second kappa shape index (κ2) is 55.2. The Balaban J connectivity index is 4.51. The van der Waals surface area contributed by atoms with Crippen LogP contribution in [0.15, 0.2) is 85.1 Å². The van der Waals surface area contributed by atoms with Crippen molar-refractivity contribution < 1.29 is 28.6 Å². The third-order valence-corrected chi connectivity index (χ3v) is 11.9. The number of hydrogen-bond acceptors (Lipinski definition) is 6. The zero-order valence-corrected chi connectivity index (χ0v) is 43.9. The van der Waals surface area contributed by atoms with Crippen molar-refractivity contribution in [3.63, 3.8) is 0 Å². The number of ether oxygens (including phenoxy) is 3. The van der Waals surface area contributed by atoms with Crippen molar-refractivity contribution in [2.24, 2.45) is 0 Å². The molecule has 0 amide bonds. The van der Waals surface area contributed by atoms with Crippen molar-refractivity contribution >= 4 is 17.9 Å². The summed E-state index contributed by atoms with van der Waals surface area (Å²) in [7, 11) is 0. The number of rotatable bonds is 50. The van der Waals surface area contributed by atoms with Gasteiger partial charge in [0.2, 0.25) is 0 Å². The average Bonchev–Trinajstić information content (AvgIpc) is 3.33. The minimum atomic E-state index is -0.813. The standard InChI is InChI=1S/C61H104O6/c1-4-7-10-13-16-19-22-25-28-30-33-36-39-42-45-48-51-54-60(63)66-57-58(56-65-59(62)53-50-47-44-41-38-35-32-27-24-21-18-15-12-9-6-3)67-61(64)55-52-49-46-43-40-37-34-31-29-26-23-20-17-14-11-8-5-2/h16,18-19,21,25,27-28,32-33,36,38,41-42,45,58H,4-15,17,20,22-24,26,29-31,34-35,37,39-40,43-44,46-57H2,1-3H3/b19-16-,21-18-,28-25-,32-27-,36-33-,41-38-,45-42-/t58-/m0/s1. The van der Waals surface area contributed by atoms with Gasteiger partial charge in [-0.25, -0.2) is 0 Å². The lowest BCUT2D eigenvalue weighted by Crippen LogP contribution is -2.30. The fraction of sp³-hybridized carbons (Fsp3) is 0.721. The lowest BCUT2D eigenvalue weighted by atomic mass is 10.0. The number of hydrogen-bond donors (Lipinski definition) is 0. The van der Waals surface area contributed by atoms with Gasteiger partial charge in [-0.1, -0.05) is 234 Å². The summed E-state index contributed by atoms with van der Waals surface area (Å²) in [5.74, 6) is -0.997. The van der Waals surface area contributed by atoms with E-state index in [4.69, 9.17) is 14.2 Å². The molecule has 0 radical (unpaired) electrons. The van der Waals surface area contributed by atoms with Gasteiger partial charge in [0, 0.05) is 19.3 Å². The van der Waals surface area contributed by atoms with Crippen LogP contribution in [0.25, 0.3) is 0 Å². The van der Waals surface area contributed by atoms with E-state index in [0.29, 0.717) is 19.3 Å². The molecule has 0 rings (SSSR count). The van der Waals surface area contributed by atoms with E-state index in [2.05, 4.69) is 106 Å². The van der Waals surface area contributed by atoms with Crippen LogP contribution in [0, 0.1) is 0 Å². The molecule has 6 nitrogen and oxygen atoms in total. The molecule has 0 aliphatic heterocycles. The van der Waals surface area contributed by atoms with Gasteiger partial charge in [-0.3, -0.25) is 14.4 Å². The molecule has 384 valence electrons. The van der Waals surface area contributed by atoms with Gasteiger partial charge in [0.1, 0.15) is 13.2 Å². The molecule has 0 aromatic rings. The fourth-order valence-electron chi connectivity index (χ4n) is 7.62. The zero-order valence-electron chi connectivity index (χ0n) is 43.9. The summed E-state index contributed by atoms with van der Waals surface area (Å²) in [5.41, 5.74) is 0. The van der Waals surface area contributed by atoms with Crippen LogP contribution in [-0.2, 0) is 28.6 Å². The first-order valence-corrected chi connectivity index (χ1v) is 28.1. The average molecular weight is 933 g/mol. The Labute approximate surface area is 414 Å². The molecule has 0 heterocycles. The fourth-order valence-corrected chi connectivity index (χ4v) is 7.62. The Morgan fingerprint density at radius 2 is 0.552 bits per heavy atom. The summed E-state index contributed by atoms with van der Waals surface area (Å²) < 4.78 is 16.8. The highest BCUT2D eigenvalue weighted by molar-refractivity contribution is 5.71. The van der Waals surface area contributed by atoms with Gasteiger partial charge in [0.25, 0.3) is 0 Å². The van der Waals surface area contributed by atoms with Gasteiger partial charge in [-0.05, 0) is 96.3 Å². The molecule has 6 heteroatoms. The van der Waals surface area contributed by atoms with Crippen LogP contribution >= 0.6 is 0 Å². The SMILES string of the molecule is CCCCC/C=C\C/C=C\C/C=C\C/C=C\CCCC(=O)OC[C@H](COC(=O)CCCC/C=C\C/C=C\C/C=C\CCCCC)OC(=O)CCCCCCCCCCCCCCCCCCC. The third-order valence-electron chi connectivity index (χ3n) is 11.9. The van der Waals surface area contributed by atoms with Crippen LogP contribution in [0.5, 0.6) is 0 Å². The normalized spacial score (nSPS) is 12.7. The largest absolute Gasteiger partial charge is 0.462 e. The van der Waals surface area contributed by atoms with Crippen LogP contribution < -0.4 is 0 Å². The van der Waals surface area contributed by atoms with Crippen molar-refractivity contribution in [2.75, 3.05) is 13.2 Å². The maximum absolute atomic E-state index is 12.8. The van der Waals surface area contributed by atoms with E-state index in [-0.39, 0.29) is 37.5 Å². The van der Waals surface area contributed by atoms with Crippen LogP contribution in [0.2, 0.25) is 0 Å². The molecule has 0 fully saturated rings. The Hall–Kier alpha value is -3.41. The van der Waals surface area contributed by atoms with Crippen LogP contribution in [0.4, 0.5) is 0 Å². The number of unbranched alkanes of at least 4 members (excludes halogenated alkanes) is 25. The van der Waals surface area contributed by atoms with Gasteiger partial charge in [-0.2, -0.15) is 0 Å². The van der Waals surface area contributed by atoms with Crippen molar-refractivity contribution in [3.8, 4) is 0 Å². The Morgan fingerprint density at radius 1 is 0.299 bits per heavy atom. The predicted molar refractivity (Wildman–Crippen MR) is 288 cm³/mol. The molecule has 0 spiro atoms. The van der Waals surface area contributed by atoms with Crippen molar-refractivity contribution in [3.05, 3.63) is 85.1 Å². The minimum Gasteiger partial charge on any atom is -0.462 e. The predicted octanol–water partition coefficient (Wildman–Crippen LogP) is 18.8. The monoisotopic (exact) mass is 933 g/mol. The smallest absolute Gasteiger partial charge is 0.306 e. The molecule has 0 N–H and O–H groups in total. The Morgan fingerprint density at radius 3 is 0.925 bits per heavy atom. The molecule has 0 aliphatic rings. The lowest BCUT2D eigenvalue weighted by Gasteiger charge is -2.18. The second-order valence-electron chi connectivity index (χ2n) is 18.5. The molecule has 1 atom stereocenters. The number of allylic oxidation sites excluding steroid dienone is 14. The van der Waals surface area contributed by atoms with E-state index in [1.807, 2.05) is 0 Å². The minimum absolute atomic E-state index is 0.112. The molecule has 0 bridgehead atoms. The van der Waals surface area contributed by atoms with Crippen molar-refractivity contribution in [1.29, 1.82) is 0 Å². The highest BCUT2D eigenvalue weighted by atomic mass is 16.6. The topological polar surface area (TPSA) is 78.9 Å². The molecule has 0 aliphatic carbocycles. The highest BCUT2D eigenvalue weighted by Crippen LogP contribution is 2.15. The summed E-state index contributed by atoms with van der Waals surface area (Å²) in [6, 6.07) is 0. The maximum Gasteiger partial charge on any atom is 0.306 e. The third kappa shape index (κ3) is 53.4. The molecule has 0 aromatic heterocycles. The molecule has 0 aromatic carbocycles. The number of carbonyl (C=O) groups is 3. The van der Waals surface area contributed by atoms with E-state index in [0.717, 1.165) is 77.0 Å². The Bertz CT molecular complexity index is 1300. The molecule has 0 saturated heterocycles. The quantitative estimate of drug-likeness (QED) is 0.0262. The first-order chi connectivity index (χ1) is 33.0. The van der Waals surface area contributed by atoms with Crippen LogP contribution in [0.1, 0.15) is 265 Å². The van der Waals surface area contributed by atoms with E-state index < -0.39 is 6.10 Å². The van der Waals surface area contributed by atoms with Gasteiger partial charge < -0.3 is 14.2 Å². The summed E-state index contributed by atoms with van der Waals surface area (Å²) >= 11 is 0.